The van der Waals surface area contributed by atoms with Crippen LogP contribution in [-0.4, -0.2) is 23.3 Å². The Balaban J connectivity index is 2.30. The predicted octanol–water partition coefficient (Wildman–Crippen LogP) is 3.54. The summed E-state index contributed by atoms with van der Waals surface area (Å²) in [5, 5.41) is 3.83. The third kappa shape index (κ3) is 3.28. The molecular weight excluding hydrogens is 272 g/mol. The lowest BCUT2D eigenvalue weighted by molar-refractivity contribution is 0.0941. The summed E-state index contributed by atoms with van der Waals surface area (Å²) in [5.41, 5.74) is 2.23. The van der Waals surface area contributed by atoms with Gasteiger partial charge in [-0.2, -0.15) is 0 Å². The number of carbonyl (C=O) groups is 1. The van der Waals surface area contributed by atoms with Gasteiger partial charge in [0.1, 0.15) is 0 Å². The van der Waals surface area contributed by atoms with Crippen molar-refractivity contribution in [3.63, 3.8) is 0 Å². The normalized spacial score (nSPS) is 11.6. The highest BCUT2D eigenvalue weighted by molar-refractivity contribution is 6.18. The lowest BCUT2D eigenvalue weighted by atomic mass is 9.96. The number of aromatic nitrogens is 1. The summed E-state index contributed by atoms with van der Waals surface area (Å²) in [6, 6.07) is 9.50. The Morgan fingerprint density at radius 2 is 2.05 bits per heavy atom. The molecule has 0 radical (unpaired) electrons. The number of benzene rings is 1. The number of hydrogen-bond donors (Lipinski definition) is 1. The van der Waals surface area contributed by atoms with Crippen LogP contribution in [0.5, 0.6) is 0 Å². The van der Waals surface area contributed by atoms with E-state index in [4.69, 9.17) is 11.6 Å². The van der Waals surface area contributed by atoms with Crippen LogP contribution in [-0.2, 0) is 0 Å². The Kier molecular flexibility index (Phi) is 4.29. The minimum absolute atomic E-state index is 0.0788. The summed E-state index contributed by atoms with van der Waals surface area (Å²) in [7, 11) is 0. The maximum absolute atomic E-state index is 12.4. The van der Waals surface area contributed by atoms with Gasteiger partial charge in [0.2, 0.25) is 0 Å². The van der Waals surface area contributed by atoms with Gasteiger partial charge in [-0.15, -0.1) is 11.6 Å². The zero-order chi connectivity index (χ0) is 14.8. The first-order valence-electron chi connectivity index (χ1n) is 6.63. The van der Waals surface area contributed by atoms with Crippen molar-refractivity contribution in [1.82, 2.24) is 10.3 Å². The van der Waals surface area contributed by atoms with E-state index in [0.717, 1.165) is 16.6 Å². The number of rotatable bonds is 4. The number of aryl methyl sites for hydroxylation is 1. The average molecular weight is 291 g/mol. The van der Waals surface area contributed by atoms with Gasteiger partial charge in [-0.05, 0) is 24.5 Å². The Labute approximate surface area is 124 Å². The molecule has 2 aromatic rings. The van der Waals surface area contributed by atoms with Crippen LogP contribution in [0.1, 0.15) is 29.9 Å². The van der Waals surface area contributed by atoms with Gasteiger partial charge in [0.25, 0.3) is 5.91 Å². The molecule has 1 heterocycles. The van der Waals surface area contributed by atoms with Crippen LogP contribution < -0.4 is 5.32 Å². The van der Waals surface area contributed by atoms with Gasteiger partial charge in [0, 0.05) is 23.5 Å². The number of carbonyl (C=O) groups excluding carboxylic acids is 1. The topological polar surface area (TPSA) is 42.0 Å². The molecule has 3 nitrogen and oxygen atoms in total. The average Bonchev–Trinajstić information content (AvgIpc) is 2.44. The molecule has 0 spiro atoms. The van der Waals surface area contributed by atoms with E-state index < -0.39 is 0 Å². The van der Waals surface area contributed by atoms with Crippen LogP contribution in [0.4, 0.5) is 0 Å². The lowest BCUT2D eigenvalue weighted by Gasteiger charge is -2.21. The second-order valence-electron chi connectivity index (χ2n) is 5.81. The maximum Gasteiger partial charge on any atom is 0.252 e. The quantitative estimate of drug-likeness (QED) is 0.875. The molecule has 0 fully saturated rings. The number of hydrogen-bond acceptors (Lipinski definition) is 2. The number of para-hydroxylation sites is 1. The van der Waals surface area contributed by atoms with Gasteiger partial charge in [-0.25, -0.2) is 0 Å². The van der Waals surface area contributed by atoms with E-state index in [9.17, 15) is 4.79 Å². The van der Waals surface area contributed by atoms with Gasteiger partial charge in [-0.1, -0.05) is 32.0 Å². The summed E-state index contributed by atoms with van der Waals surface area (Å²) >= 11 is 5.88. The van der Waals surface area contributed by atoms with Crippen LogP contribution in [0.25, 0.3) is 10.9 Å². The lowest BCUT2D eigenvalue weighted by Crippen LogP contribution is -2.35. The monoisotopic (exact) mass is 290 g/mol. The largest absolute Gasteiger partial charge is 0.351 e. The smallest absolute Gasteiger partial charge is 0.252 e. The molecule has 0 atom stereocenters. The number of alkyl halides is 1. The van der Waals surface area contributed by atoms with E-state index in [0.29, 0.717) is 18.0 Å². The summed E-state index contributed by atoms with van der Waals surface area (Å²) in [4.78, 5) is 16.8. The molecule has 0 aliphatic carbocycles. The van der Waals surface area contributed by atoms with Crippen LogP contribution in [0.3, 0.4) is 0 Å². The first-order chi connectivity index (χ1) is 9.43. The van der Waals surface area contributed by atoms with Crippen LogP contribution >= 0.6 is 11.6 Å². The van der Waals surface area contributed by atoms with Gasteiger partial charge in [0.15, 0.2) is 0 Å². The van der Waals surface area contributed by atoms with Crippen molar-refractivity contribution in [2.24, 2.45) is 5.41 Å². The molecule has 0 unspecified atom stereocenters. The third-order valence-electron chi connectivity index (χ3n) is 3.18. The molecule has 20 heavy (non-hydrogen) atoms. The van der Waals surface area contributed by atoms with Crippen LogP contribution in [0, 0.1) is 12.3 Å². The molecule has 0 aliphatic heterocycles. The molecule has 4 heteroatoms. The number of halogens is 1. The van der Waals surface area contributed by atoms with E-state index in [1.165, 1.54) is 0 Å². The fourth-order valence-electron chi connectivity index (χ4n) is 1.96. The van der Waals surface area contributed by atoms with Crippen molar-refractivity contribution < 1.29 is 4.79 Å². The number of nitrogens with one attached hydrogen (secondary N) is 1. The Morgan fingerprint density at radius 3 is 2.75 bits per heavy atom. The summed E-state index contributed by atoms with van der Waals surface area (Å²) < 4.78 is 0. The van der Waals surface area contributed by atoms with Gasteiger partial charge in [-0.3, -0.25) is 9.78 Å². The fourth-order valence-corrected chi connectivity index (χ4v) is 2.05. The van der Waals surface area contributed by atoms with E-state index >= 15 is 0 Å². The second-order valence-corrected chi connectivity index (χ2v) is 6.08. The molecule has 1 amide bonds. The van der Waals surface area contributed by atoms with Crippen LogP contribution in [0.2, 0.25) is 0 Å². The Bertz CT molecular complexity index is 637. The molecule has 0 saturated heterocycles. The van der Waals surface area contributed by atoms with Crippen LogP contribution in [0.15, 0.2) is 30.3 Å². The SMILES string of the molecule is Cc1cc(C(=O)NCC(C)(C)CCl)c2ccccc2n1. The van der Waals surface area contributed by atoms with E-state index in [-0.39, 0.29) is 11.3 Å². The summed E-state index contributed by atoms with van der Waals surface area (Å²) in [6.45, 7) is 6.49. The summed E-state index contributed by atoms with van der Waals surface area (Å²) in [5.74, 6) is 0.425. The highest BCUT2D eigenvalue weighted by atomic mass is 35.5. The third-order valence-corrected chi connectivity index (χ3v) is 3.90. The highest BCUT2D eigenvalue weighted by Gasteiger charge is 2.19. The van der Waals surface area contributed by atoms with Crippen molar-refractivity contribution in [1.29, 1.82) is 0 Å². The molecule has 0 aliphatic rings. The zero-order valence-corrected chi connectivity index (χ0v) is 12.8. The van der Waals surface area contributed by atoms with Gasteiger partial charge >= 0.3 is 0 Å². The first kappa shape index (κ1) is 14.8. The summed E-state index contributed by atoms with van der Waals surface area (Å²) in [6.07, 6.45) is 0. The molecule has 0 saturated carbocycles. The number of fused-ring (bicyclic) bond motifs is 1. The minimum Gasteiger partial charge on any atom is -0.351 e. The fraction of sp³-hybridized carbons (Fsp3) is 0.375. The number of amides is 1. The van der Waals surface area contributed by atoms with E-state index in [1.807, 2.05) is 51.1 Å². The van der Waals surface area contributed by atoms with Crippen molar-refractivity contribution in [2.45, 2.75) is 20.8 Å². The Morgan fingerprint density at radius 1 is 1.35 bits per heavy atom. The van der Waals surface area contributed by atoms with Crippen molar-refractivity contribution >= 4 is 28.4 Å². The molecule has 2 rings (SSSR count). The van der Waals surface area contributed by atoms with E-state index in [1.54, 1.807) is 0 Å². The first-order valence-corrected chi connectivity index (χ1v) is 7.17. The molecule has 0 bridgehead atoms. The molecule has 1 aromatic heterocycles. The molecule has 1 aromatic carbocycles. The van der Waals surface area contributed by atoms with Gasteiger partial charge < -0.3 is 5.32 Å². The van der Waals surface area contributed by atoms with E-state index in [2.05, 4.69) is 10.3 Å². The standard InChI is InChI=1S/C16H19ClN2O/c1-11-8-13(12-6-4-5-7-14(12)19-11)15(20)18-10-16(2,3)9-17/h4-8H,9-10H2,1-3H3,(H,18,20). The number of pyridine rings is 1. The van der Waals surface area contributed by atoms with Crippen molar-refractivity contribution in [3.8, 4) is 0 Å². The predicted molar refractivity (Wildman–Crippen MR) is 83.3 cm³/mol. The zero-order valence-electron chi connectivity index (χ0n) is 12.0. The molecule has 106 valence electrons. The minimum atomic E-state index is -0.116. The molecular formula is C16H19ClN2O. The highest BCUT2D eigenvalue weighted by Crippen LogP contribution is 2.19. The van der Waals surface area contributed by atoms with Gasteiger partial charge in [0.05, 0.1) is 11.1 Å². The number of nitrogens with zero attached hydrogens (tertiary/aromatic N) is 1. The molecule has 1 N–H and O–H groups in total. The maximum atomic E-state index is 12.4. The Hall–Kier alpha value is -1.61. The second kappa shape index (κ2) is 5.80. The van der Waals surface area contributed by atoms with Crippen molar-refractivity contribution in [2.75, 3.05) is 12.4 Å². The van der Waals surface area contributed by atoms with Crippen molar-refractivity contribution in [3.05, 3.63) is 41.6 Å².